The Hall–Kier alpha value is -4.27. The van der Waals surface area contributed by atoms with E-state index >= 15 is 0 Å². The van der Waals surface area contributed by atoms with Crippen molar-refractivity contribution >= 4 is 44.7 Å². The molecule has 3 N–H and O–H groups in total. The zero-order valence-corrected chi connectivity index (χ0v) is 33.1. The molecule has 3 aliphatic heterocycles. The van der Waals surface area contributed by atoms with Gasteiger partial charge in [-0.1, -0.05) is 45.8 Å². The third-order valence-electron chi connectivity index (χ3n) is 11.9. The number of halogens is 1. The number of carbonyl (C=O) groups excluding carboxylic acids is 4. The fourth-order valence-corrected chi connectivity index (χ4v) is 9.44. The molecule has 2 saturated carbocycles. The molecule has 1 saturated heterocycles. The molecule has 1 spiro atoms. The first-order valence-corrected chi connectivity index (χ1v) is 20.9. The number of allylic oxidation sites excluding steroid dienone is 1. The summed E-state index contributed by atoms with van der Waals surface area (Å²) in [6.45, 7) is 9.29. The number of rotatable bonds is 5. The van der Waals surface area contributed by atoms with E-state index in [-0.39, 0.29) is 31.4 Å². The van der Waals surface area contributed by atoms with E-state index in [9.17, 15) is 32.0 Å². The number of fused-ring (bicyclic) bond motifs is 5. The number of hydrogen-bond acceptors (Lipinski definition) is 9. The van der Waals surface area contributed by atoms with Crippen LogP contribution in [0.25, 0.3) is 10.9 Å². The maximum atomic E-state index is 14.7. The Bertz CT molecular complexity index is 2060. The summed E-state index contributed by atoms with van der Waals surface area (Å²) in [6, 6.07) is 2.27. The third kappa shape index (κ3) is 7.77. The first kappa shape index (κ1) is 39.0. The number of hydrogen-bond donors (Lipinski definition) is 3. The average Bonchev–Trinajstić information content (AvgIpc) is 4.01. The highest BCUT2D eigenvalue weighted by molar-refractivity contribution is 7.91. The van der Waals surface area contributed by atoms with Crippen molar-refractivity contribution in [1.82, 2.24) is 25.2 Å². The van der Waals surface area contributed by atoms with Gasteiger partial charge in [0.2, 0.25) is 21.8 Å². The predicted molar refractivity (Wildman–Crippen MR) is 202 cm³/mol. The summed E-state index contributed by atoms with van der Waals surface area (Å²) in [5.41, 5.74) is -0.880. The lowest BCUT2D eigenvalue weighted by atomic mass is 9.87. The normalized spacial score (nSPS) is 29.7. The number of sulfonamides is 1. The van der Waals surface area contributed by atoms with Gasteiger partial charge in [-0.3, -0.25) is 19.1 Å². The third-order valence-corrected chi connectivity index (χ3v) is 14.0. The number of nitrogens with one attached hydrogen (secondary N) is 3. The minimum Gasteiger partial charge on any atom is -0.483 e. The zero-order chi connectivity index (χ0) is 39.6. The monoisotopic (exact) mass is 781 g/mol. The zero-order valence-electron chi connectivity index (χ0n) is 32.3. The maximum absolute atomic E-state index is 14.7. The molecule has 15 heteroatoms. The van der Waals surface area contributed by atoms with Gasteiger partial charge in [0, 0.05) is 23.3 Å². The van der Waals surface area contributed by atoms with Crippen LogP contribution in [0.1, 0.15) is 103 Å². The lowest BCUT2D eigenvalue weighted by Gasteiger charge is -2.36. The van der Waals surface area contributed by atoms with Crippen LogP contribution in [0.4, 0.5) is 9.18 Å². The number of ether oxygens (including phenoxy) is 2. The highest BCUT2D eigenvalue weighted by Gasteiger charge is 2.64. The first-order chi connectivity index (χ1) is 25.8. The van der Waals surface area contributed by atoms with E-state index < -0.39 is 73.5 Å². The van der Waals surface area contributed by atoms with Gasteiger partial charge in [-0.25, -0.2) is 22.6 Å². The molecular formula is C40H52FN5O8S. The van der Waals surface area contributed by atoms with Crippen molar-refractivity contribution in [2.75, 3.05) is 13.2 Å². The molecule has 55 heavy (non-hydrogen) atoms. The molecule has 1 aromatic heterocycles. The molecule has 2 aromatic rings. The van der Waals surface area contributed by atoms with Crippen LogP contribution in [0.3, 0.4) is 0 Å². The van der Waals surface area contributed by atoms with Gasteiger partial charge in [-0.05, 0) is 88.8 Å². The summed E-state index contributed by atoms with van der Waals surface area (Å²) in [7, 11) is -4.00. The molecule has 2 aliphatic carbocycles. The van der Waals surface area contributed by atoms with Crippen LogP contribution < -0.4 is 20.1 Å². The quantitative estimate of drug-likeness (QED) is 0.358. The van der Waals surface area contributed by atoms with Crippen molar-refractivity contribution in [3.05, 3.63) is 47.4 Å². The molecule has 5 atom stereocenters. The summed E-state index contributed by atoms with van der Waals surface area (Å²) >= 11 is 0. The fraction of sp³-hybridized carbons (Fsp3) is 0.625. The SMILES string of the molecule is Cc1nc2ccc(F)cc2c2c1O[C@]1(CC2)C[C@H]2C(=O)N[C@]3(C(=O)NS(=O)(=O)C4(C)CC4)C[C@H]3/C=C\CCCCC[C@H](NC(=O)OCC(C)(C)C)C(=O)N2C1. The fourth-order valence-electron chi connectivity index (χ4n) is 8.13. The van der Waals surface area contributed by atoms with Gasteiger partial charge in [0.05, 0.1) is 29.1 Å². The van der Waals surface area contributed by atoms with Crippen LogP contribution in [-0.4, -0.2) is 83.2 Å². The van der Waals surface area contributed by atoms with Gasteiger partial charge in [0.25, 0.3) is 5.91 Å². The van der Waals surface area contributed by atoms with Crippen molar-refractivity contribution in [2.45, 2.75) is 133 Å². The molecule has 13 nitrogen and oxygen atoms in total. The largest absolute Gasteiger partial charge is 0.483 e. The Morgan fingerprint density at radius 3 is 2.62 bits per heavy atom. The number of pyridine rings is 1. The standard InChI is InChI=1S/C40H52FN5O8S/c1-24-32-27(28-19-26(41)13-14-29(28)42-24)15-16-39(54-32)21-31-33(47)44-40(35(49)45-55(51,52)38(5)17-18-38)20-25(40)11-9-7-6-8-10-12-30(34(48)46(31)22-39)43-36(50)53-23-37(2,3)4/h9,11,13-14,19,25,30-31H,6-8,10,12,15-18,20-23H2,1-5H3,(H,43,50)(H,44,47)(H,45,49)/b11-9-/t25-,30+,31+,39-,40-/m1/s1. The number of carbonyl (C=O) groups is 4. The second kappa shape index (κ2) is 14.0. The lowest BCUT2D eigenvalue weighted by molar-refractivity contribution is -0.141. The van der Waals surface area contributed by atoms with Crippen LogP contribution in [0, 0.1) is 24.1 Å². The van der Waals surface area contributed by atoms with E-state index in [0.29, 0.717) is 67.3 Å². The van der Waals surface area contributed by atoms with Crippen LogP contribution in [0.5, 0.6) is 5.75 Å². The van der Waals surface area contributed by atoms with Crippen molar-refractivity contribution in [3.63, 3.8) is 0 Å². The molecule has 4 amide bonds. The Labute approximate surface area is 321 Å². The van der Waals surface area contributed by atoms with Gasteiger partial charge in [0.1, 0.15) is 34.8 Å². The van der Waals surface area contributed by atoms with Gasteiger partial charge in [-0.15, -0.1) is 0 Å². The molecule has 0 radical (unpaired) electrons. The lowest BCUT2D eigenvalue weighted by Crippen LogP contribution is -2.58. The average molecular weight is 782 g/mol. The predicted octanol–water partition coefficient (Wildman–Crippen LogP) is 4.88. The molecule has 0 bridgehead atoms. The van der Waals surface area contributed by atoms with Crippen molar-refractivity contribution in [2.24, 2.45) is 11.3 Å². The van der Waals surface area contributed by atoms with Gasteiger partial charge < -0.3 is 25.0 Å². The topological polar surface area (TPSA) is 173 Å². The van der Waals surface area contributed by atoms with Crippen LogP contribution in [0.2, 0.25) is 0 Å². The minimum atomic E-state index is -4.00. The molecule has 298 valence electrons. The summed E-state index contributed by atoms with van der Waals surface area (Å²) < 4.78 is 54.3. The second-order valence-corrected chi connectivity index (χ2v) is 19.9. The van der Waals surface area contributed by atoms with Gasteiger partial charge in [0.15, 0.2) is 0 Å². The van der Waals surface area contributed by atoms with Crippen molar-refractivity contribution in [1.29, 1.82) is 0 Å². The van der Waals surface area contributed by atoms with E-state index in [1.54, 1.807) is 19.9 Å². The number of alkyl carbamates (subject to hydrolysis) is 1. The van der Waals surface area contributed by atoms with Crippen LogP contribution in [0.15, 0.2) is 30.4 Å². The molecule has 4 heterocycles. The van der Waals surface area contributed by atoms with Crippen LogP contribution in [-0.2, 0) is 35.6 Å². The number of aromatic nitrogens is 1. The molecule has 5 aliphatic rings. The summed E-state index contributed by atoms with van der Waals surface area (Å²) in [4.78, 5) is 62.4. The molecule has 0 unspecified atom stereocenters. The second-order valence-electron chi connectivity index (χ2n) is 17.7. The first-order valence-electron chi connectivity index (χ1n) is 19.4. The van der Waals surface area contributed by atoms with E-state index in [1.165, 1.54) is 17.0 Å². The number of benzene rings is 1. The highest BCUT2D eigenvalue weighted by atomic mass is 32.2. The van der Waals surface area contributed by atoms with E-state index in [0.717, 1.165) is 18.4 Å². The number of amides is 4. The van der Waals surface area contributed by atoms with Crippen LogP contribution >= 0.6 is 0 Å². The summed E-state index contributed by atoms with van der Waals surface area (Å²) in [5, 5.41) is 6.32. The molecular weight excluding hydrogens is 730 g/mol. The van der Waals surface area contributed by atoms with Gasteiger partial charge in [-0.2, -0.15) is 0 Å². The Kier molecular flexibility index (Phi) is 9.95. The van der Waals surface area contributed by atoms with Crippen molar-refractivity contribution in [3.8, 4) is 5.75 Å². The Morgan fingerprint density at radius 2 is 1.89 bits per heavy atom. The Balaban J connectivity index is 1.22. The summed E-state index contributed by atoms with van der Waals surface area (Å²) in [5.74, 6) is -2.29. The smallest absolute Gasteiger partial charge is 0.407 e. The molecule has 7 rings (SSSR count). The van der Waals surface area contributed by atoms with Crippen molar-refractivity contribution < 1.29 is 41.5 Å². The van der Waals surface area contributed by atoms with E-state index in [4.69, 9.17) is 9.47 Å². The minimum absolute atomic E-state index is 0.00549. The molecule has 1 aromatic carbocycles. The maximum Gasteiger partial charge on any atom is 0.407 e. The van der Waals surface area contributed by atoms with E-state index in [1.807, 2.05) is 32.9 Å². The van der Waals surface area contributed by atoms with Gasteiger partial charge >= 0.3 is 6.09 Å². The molecule has 3 fully saturated rings. The highest BCUT2D eigenvalue weighted by Crippen LogP contribution is 2.49. The van der Waals surface area contributed by atoms with E-state index in [2.05, 4.69) is 20.3 Å². The Morgan fingerprint density at radius 1 is 1.13 bits per heavy atom. The number of nitrogens with zero attached hydrogens (tertiary/aromatic N) is 2. The summed E-state index contributed by atoms with van der Waals surface area (Å²) in [6.07, 6.45) is 8.19. The number of aryl methyl sites for hydroxylation is 2.